The lowest BCUT2D eigenvalue weighted by Crippen LogP contribution is -2.52. The fourth-order valence-electron chi connectivity index (χ4n) is 3.55. The zero-order valence-corrected chi connectivity index (χ0v) is 20.1. The Morgan fingerprint density at radius 1 is 0.897 bits per heavy atom. The number of nitrogens with two attached hydrogens (primary N) is 1. The summed E-state index contributed by atoms with van der Waals surface area (Å²) in [6.45, 7) is 15.2. The maximum Gasteiger partial charge on any atom is 0.233 e. The van der Waals surface area contributed by atoms with Gasteiger partial charge < -0.3 is 10.1 Å². The predicted molar refractivity (Wildman–Crippen MR) is 120 cm³/mol. The number of carbonyl (C=O) groups is 2. The Morgan fingerprint density at radius 3 is 2.03 bits per heavy atom. The molecule has 0 aromatic rings. The van der Waals surface area contributed by atoms with E-state index in [0.717, 1.165) is 51.4 Å². The van der Waals surface area contributed by atoms with Gasteiger partial charge in [-0.15, -0.1) is 0 Å². The molecule has 6 nitrogen and oxygen atoms in total. The number of hydrogen-bond donors (Lipinski definition) is 3. The Balaban J connectivity index is 4.91. The number of nitrogens with one attached hydrogen (secondary N) is 2. The number of ether oxygens (including phenoxy) is 1. The van der Waals surface area contributed by atoms with E-state index in [0.29, 0.717) is 19.4 Å². The molecule has 0 aliphatic carbocycles. The van der Waals surface area contributed by atoms with Crippen LogP contribution in [0.2, 0.25) is 0 Å². The molecule has 0 bridgehead atoms. The largest absolute Gasteiger partial charge is 0.375 e. The summed E-state index contributed by atoms with van der Waals surface area (Å²) in [7, 11) is 0. The Bertz CT molecular complexity index is 500. The van der Waals surface area contributed by atoms with Crippen molar-refractivity contribution >= 4 is 11.8 Å². The number of hydrogen-bond acceptors (Lipinski definition) is 4. The molecule has 0 aromatic carbocycles. The van der Waals surface area contributed by atoms with E-state index in [4.69, 9.17) is 10.6 Å². The van der Waals surface area contributed by atoms with E-state index < -0.39 is 0 Å². The highest BCUT2D eigenvalue weighted by Crippen LogP contribution is 2.32. The molecule has 2 amide bonds. The van der Waals surface area contributed by atoms with Crippen LogP contribution < -0.4 is 16.6 Å². The van der Waals surface area contributed by atoms with Crippen molar-refractivity contribution in [2.45, 2.75) is 124 Å². The molecule has 0 aliphatic heterocycles. The van der Waals surface area contributed by atoms with Gasteiger partial charge in [-0.2, -0.15) is 0 Å². The van der Waals surface area contributed by atoms with Crippen LogP contribution in [0.5, 0.6) is 0 Å². The first-order valence-corrected chi connectivity index (χ1v) is 11.5. The highest BCUT2D eigenvalue weighted by atomic mass is 16.5. The summed E-state index contributed by atoms with van der Waals surface area (Å²) >= 11 is 0. The zero-order chi connectivity index (χ0) is 22.6. The average Bonchev–Trinajstić information content (AvgIpc) is 2.70. The lowest BCUT2D eigenvalue weighted by atomic mass is 9.78. The molecule has 0 spiro atoms. The second-order valence-corrected chi connectivity index (χ2v) is 9.25. The number of amides is 2. The molecule has 29 heavy (non-hydrogen) atoms. The average molecular weight is 414 g/mol. The minimum Gasteiger partial charge on any atom is -0.375 e. The Hall–Kier alpha value is -1.14. The van der Waals surface area contributed by atoms with Gasteiger partial charge in [0.1, 0.15) is 0 Å². The third kappa shape index (κ3) is 9.94. The summed E-state index contributed by atoms with van der Waals surface area (Å²) in [5.74, 6) is 5.15. The van der Waals surface area contributed by atoms with Crippen molar-refractivity contribution in [3.05, 3.63) is 0 Å². The lowest BCUT2D eigenvalue weighted by Gasteiger charge is -2.37. The molecule has 3 atom stereocenters. The van der Waals surface area contributed by atoms with Crippen molar-refractivity contribution in [2.75, 3.05) is 6.61 Å². The third-order valence-electron chi connectivity index (χ3n) is 6.52. The highest BCUT2D eigenvalue weighted by Gasteiger charge is 2.36. The third-order valence-corrected chi connectivity index (χ3v) is 6.52. The standard InChI is InChI=1S/C23H47N3O3/c1-8-12-15-21(5,14-9-2)20(28)25-22(6,10-3)17-18-29-23(7,11-4)16-13-19(27)26-24/h8-18,24H2,1-7H3,(H,25,28)(H,26,27). The first kappa shape index (κ1) is 27.9. The van der Waals surface area contributed by atoms with E-state index in [1.54, 1.807) is 0 Å². The minimum atomic E-state index is -0.372. The van der Waals surface area contributed by atoms with Gasteiger partial charge in [-0.05, 0) is 52.4 Å². The smallest absolute Gasteiger partial charge is 0.233 e. The van der Waals surface area contributed by atoms with E-state index in [9.17, 15) is 9.59 Å². The van der Waals surface area contributed by atoms with Crippen LogP contribution in [0.1, 0.15) is 113 Å². The van der Waals surface area contributed by atoms with Crippen molar-refractivity contribution < 1.29 is 14.3 Å². The molecular weight excluding hydrogens is 366 g/mol. The van der Waals surface area contributed by atoms with Gasteiger partial charge in [-0.3, -0.25) is 15.0 Å². The first-order valence-electron chi connectivity index (χ1n) is 11.5. The molecule has 0 rings (SSSR count). The van der Waals surface area contributed by atoms with Crippen LogP contribution in [0.25, 0.3) is 0 Å². The Labute approximate surface area is 179 Å². The zero-order valence-electron chi connectivity index (χ0n) is 20.1. The summed E-state index contributed by atoms with van der Waals surface area (Å²) in [5.41, 5.74) is 1.18. The monoisotopic (exact) mass is 413 g/mol. The minimum absolute atomic E-state index is 0.162. The fourth-order valence-corrected chi connectivity index (χ4v) is 3.55. The molecule has 0 saturated carbocycles. The summed E-state index contributed by atoms with van der Waals surface area (Å²) in [6.07, 6.45) is 8.37. The molecule has 0 fully saturated rings. The van der Waals surface area contributed by atoms with E-state index in [1.165, 1.54) is 0 Å². The van der Waals surface area contributed by atoms with Gasteiger partial charge in [0.05, 0.1) is 5.60 Å². The number of unbranched alkanes of at least 4 members (excludes halogenated alkanes) is 1. The van der Waals surface area contributed by atoms with Crippen LogP contribution in [0.15, 0.2) is 0 Å². The van der Waals surface area contributed by atoms with Crippen LogP contribution in [-0.4, -0.2) is 29.6 Å². The highest BCUT2D eigenvalue weighted by molar-refractivity contribution is 5.82. The second kappa shape index (κ2) is 13.2. The summed E-state index contributed by atoms with van der Waals surface area (Å²) < 4.78 is 6.18. The van der Waals surface area contributed by atoms with Crippen LogP contribution in [-0.2, 0) is 14.3 Å². The topological polar surface area (TPSA) is 93.4 Å². The summed E-state index contributed by atoms with van der Waals surface area (Å²) in [4.78, 5) is 24.6. The van der Waals surface area contributed by atoms with Crippen LogP contribution in [0.4, 0.5) is 0 Å². The van der Waals surface area contributed by atoms with Crippen LogP contribution in [0, 0.1) is 5.41 Å². The van der Waals surface area contributed by atoms with Gasteiger partial charge in [0.25, 0.3) is 0 Å². The lowest BCUT2D eigenvalue weighted by molar-refractivity contribution is -0.134. The molecular formula is C23H47N3O3. The van der Waals surface area contributed by atoms with E-state index >= 15 is 0 Å². The van der Waals surface area contributed by atoms with Crippen molar-refractivity contribution in [1.82, 2.24) is 10.7 Å². The normalized spacial score (nSPS) is 17.7. The Kier molecular flexibility index (Phi) is 12.7. The maximum absolute atomic E-state index is 13.2. The van der Waals surface area contributed by atoms with Crippen LogP contribution >= 0.6 is 0 Å². The second-order valence-electron chi connectivity index (χ2n) is 9.25. The molecule has 4 N–H and O–H groups in total. The van der Waals surface area contributed by atoms with E-state index in [2.05, 4.69) is 52.3 Å². The van der Waals surface area contributed by atoms with E-state index in [1.807, 2.05) is 6.92 Å². The van der Waals surface area contributed by atoms with Crippen molar-refractivity contribution in [3.63, 3.8) is 0 Å². The van der Waals surface area contributed by atoms with Gasteiger partial charge in [-0.25, -0.2) is 5.84 Å². The Morgan fingerprint density at radius 2 is 1.55 bits per heavy atom. The fraction of sp³-hybridized carbons (Fsp3) is 0.913. The molecule has 0 radical (unpaired) electrons. The van der Waals surface area contributed by atoms with Crippen LogP contribution in [0.3, 0.4) is 0 Å². The first-order chi connectivity index (χ1) is 13.5. The maximum atomic E-state index is 13.2. The van der Waals surface area contributed by atoms with Crippen molar-refractivity contribution in [1.29, 1.82) is 0 Å². The molecule has 0 saturated heterocycles. The molecule has 172 valence electrons. The van der Waals surface area contributed by atoms with Gasteiger partial charge in [-0.1, -0.05) is 53.9 Å². The van der Waals surface area contributed by atoms with Crippen molar-refractivity contribution in [3.8, 4) is 0 Å². The van der Waals surface area contributed by atoms with Gasteiger partial charge in [0.2, 0.25) is 11.8 Å². The molecule has 0 heterocycles. The van der Waals surface area contributed by atoms with E-state index in [-0.39, 0.29) is 28.4 Å². The van der Waals surface area contributed by atoms with Gasteiger partial charge in [0, 0.05) is 24.0 Å². The number of rotatable bonds is 16. The molecule has 3 unspecified atom stereocenters. The quantitative estimate of drug-likeness (QED) is 0.196. The summed E-state index contributed by atoms with van der Waals surface area (Å²) in [5, 5.41) is 3.34. The molecule has 6 heteroatoms. The number of carbonyl (C=O) groups excluding carboxylic acids is 2. The number of hydrazine groups is 1. The van der Waals surface area contributed by atoms with Crippen molar-refractivity contribution in [2.24, 2.45) is 11.3 Å². The predicted octanol–water partition coefficient (Wildman–Crippen LogP) is 4.61. The molecule has 0 aliphatic rings. The summed E-state index contributed by atoms with van der Waals surface area (Å²) in [6, 6.07) is 0. The van der Waals surface area contributed by atoms with Gasteiger partial charge >= 0.3 is 0 Å². The van der Waals surface area contributed by atoms with Gasteiger partial charge in [0.15, 0.2) is 0 Å². The molecule has 0 aromatic heterocycles. The SMILES string of the molecule is CCCCC(C)(CCC)C(=O)NC(C)(CC)CCOC(C)(CC)CCC(=O)NN.